The molecule has 0 aromatic rings. The van der Waals surface area contributed by atoms with Gasteiger partial charge in [0, 0.05) is 34.9 Å². The molecule has 11 N–H and O–H groups in total. The van der Waals surface area contributed by atoms with Crippen LogP contribution in [0.15, 0.2) is 34.9 Å². The van der Waals surface area contributed by atoms with E-state index >= 15 is 0 Å². The molecule has 0 fully saturated rings. The molecule has 0 aromatic carbocycles. The third kappa shape index (κ3) is 24.0. The quantitative estimate of drug-likeness (QED) is 0.153. The van der Waals surface area contributed by atoms with Gasteiger partial charge in [-0.05, 0) is 39.7 Å². The Hall–Kier alpha value is -4.00. The molecule has 0 spiro atoms. The van der Waals surface area contributed by atoms with E-state index in [1.165, 1.54) is 13.8 Å². The lowest BCUT2D eigenvalue weighted by molar-refractivity contribution is -0.133. The van der Waals surface area contributed by atoms with Crippen molar-refractivity contribution in [2.75, 3.05) is 6.54 Å². The van der Waals surface area contributed by atoms with Crippen LogP contribution in [0.1, 0.15) is 33.1 Å². The second-order valence-electron chi connectivity index (χ2n) is 5.69. The molecule has 0 rings (SSSR count). The molecule has 0 saturated carbocycles. The molecular formula is C18H28N4O9. The number of amides is 3. The molecule has 0 aromatic heterocycles. The number of rotatable bonds is 10. The SMILES string of the molecule is C/C(=C/C(N)=O)C(=O)O.C/C(=C/C(N)=O)C(=O)O.NCCCC/C(=C/C(N)=O)C(=O)O. The Morgan fingerprint density at radius 1 is 0.645 bits per heavy atom. The van der Waals surface area contributed by atoms with Gasteiger partial charge in [-0.1, -0.05) is 0 Å². The van der Waals surface area contributed by atoms with Crippen LogP contribution in [-0.4, -0.2) is 57.5 Å². The van der Waals surface area contributed by atoms with E-state index in [1.807, 2.05) is 0 Å². The van der Waals surface area contributed by atoms with E-state index in [-0.39, 0.29) is 16.7 Å². The number of nitrogens with two attached hydrogens (primary N) is 4. The second kappa shape index (κ2) is 18.1. The van der Waals surface area contributed by atoms with Crippen molar-refractivity contribution in [3.8, 4) is 0 Å². The summed E-state index contributed by atoms with van der Waals surface area (Å²) in [6.45, 7) is 3.11. The lowest BCUT2D eigenvalue weighted by atomic mass is 10.1. The number of carboxylic acid groups (broad SMARTS) is 3. The van der Waals surface area contributed by atoms with Crippen molar-refractivity contribution < 1.29 is 44.1 Å². The molecule has 0 aliphatic rings. The molecule has 0 aliphatic carbocycles. The maximum Gasteiger partial charge on any atom is 0.331 e. The fourth-order valence-corrected chi connectivity index (χ4v) is 1.42. The molecule has 174 valence electrons. The van der Waals surface area contributed by atoms with E-state index in [0.717, 1.165) is 24.6 Å². The van der Waals surface area contributed by atoms with Crippen LogP contribution in [0.25, 0.3) is 0 Å². The van der Waals surface area contributed by atoms with E-state index in [1.54, 1.807) is 0 Å². The van der Waals surface area contributed by atoms with Crippen molar-refractivity contribution in [1.82, 2.24) is 0 Å². The molecule has 0 saturated heterocycles. The monoisotopic (exact) mass is 444 g/mol. The van der Waals surface area contributed by atoms with E-state index in [0.29, 0.717) is 19.4 Å². The topological polar surface area (TPSA) is 267 Å². The van der Waals surface area contributed by atoms with E-state index in [2.05, 4.69) is 11.5 Å². The fraction of sp³-hybridized carbons (Fsp3) is 0.333. The number of aliphatic carboxylic acids is 3. The Morgan fingerprint density at radius 2 is 1.00 bits per heavy atom. The van der Waals surface area contributed by atoms with Crippen LogP contribution < -0.4 is 22.9 Å². The lowest BCUT2D eigenvalue weighted by Gasteiger charge is -1.99. The van der Waals surface area contributed by atoms with E-state index in [9.17, 15) is 28.8 Å². The highest BCUT2D eigenvalue weighted by molar-refractivity contribution is 5.97. The minimum absolute atomic E-state index is 0.0425. The number of carboxylic acids is 3. The van der Waals surface area contributed by atoms with Crippen molar-refractivity contribution in [2.24, 2.45) is 22.9 Å². The maximum atomic E-state index is 10.5. The zero-order valence-electron chi connectivity index (χ0n) is 17.2. The van der Waals surface area contributed by atoms with Crippen LogP contribution in [0.2, 0.25) is 0 Å². The Balaban J connectivity index is -0.000000390. The number of carbonyl (C=O) groups excluding carboxylic acids is 3. The average molecular weight is 444 g/mol. The van der Waals surface area contributed by atoms with Gasteiger partial charge >= 0.3 is 17.9 Å². The summed E-state index contributed by atoms with van der Waals surface area (Å²) in [4.78, 5) is 60.8. The van der Waals surface area contributed by atoms with Gasteiger partial charge in [-0.3, -0.25) is 14.4 Å². The predicted molar refractivity (Wildman–Crippen MR) is 109 cm³/mol. The van der Waals surface area contributed by atoms with Crippen LogP contribution in [0.5, 0.6) is 0 Å². The van der Waals surface area contributed by atoms with Gasteiger partial charge in [0.05, 0.1) is 0 Å². The number of hydrogen-bond acceptors (Lipinski definition) is 7. The number of carbonyl (C=O) groups is 6. The smallest absolute Gasteiger partial charge is 0.331 e. The molecule has 0 aliphatic heterocycles. The first kappa shape index (κ1) is 31.7. The van der Waals surface area contributed by atoms with Gasteiger partial charge in [-0.2, -0.15) is 0 Å². The van der Waals surface area contributed by atoms with Crippen LogP contribution >= 0.6 is 0 Å². The molecular weight excluding hydrogens is 416 g/mol. The van der Waals surface area contributed by atoms with Crippen molar-refractivity contribution in [3.63, 3.8) is 0 Å². The Bertz CT molecular complexity index is 728. The van der Waals surface area contributed by atoms with Crippen molar-refractivity contribution in [3.05, 3.63) is 34.9 Å². The molecule has 31 heavy (non-hydrogen) atoms. The predicted octanol–water partition coefficient (Wildman–Crippen LogP) is -1.38. The van der Waals surface area contributed by atoms with Crippen molar-refractivity contribution in [2.45, 2.75) is 33.1 Å². The Kier molecular flexibility index (Phi) is 18.5. The highest BCUT2D eigenvalue weighted by Gasteiger charge is 2.07. The Morgan fingerprint density at radius 3 is 1.19 bits per heavy atom. The number of unbranched alkanes of at least 4 members (excludes halogenated alkanes) is 1. The maximum absolute atomic E-state index is 10.5. The zero-order chi connectivity index (χ0) is 25.1. The highest BCUT2D eigenvalue weighted by atomic mass is 16.4. The Labute approximate surface area is 178 Å². The molecule has 3 amide bonds. The van der Waals surface area contributed by atoms with Gasteiger partial charge in [0.15, 0.2) is 0 Å². The van der Waals surface area contributed by atoms with Crippen LogP contribution in [-0.2, 0) is 28.8 Å². The third-order valence-corrected chi connectivity index (χ3v) is 2.88. The summed E-state index contributed by atoms with van der Waals surface area (Å²) < 4.78 is 0. The molecule has 13 heteroatoms. The summed E-state index contributed by atoms with van der Waals surface area (Å²) in [7, 11) is 0. The van der Waals surface area contributed by atoms with Crippen molar-refractivity contribution >= 4 is 35.6 Å². The van der Waals surface area contributed by atoms with Crippen LogP contribution in [0, 0.1) is 0 Å². The minimum atomic E-state index is -1.13. The summed E-state index contributed by atoms with van der Waals surface area (Å²) >= 11 is 0. The van der Waals surface area contributed by atoms with Crippen molar-refractivity contribution in [1.29, 1.82) is 0 Å². The largest absolute Gasteiger partial charge is 0.478 e. The minimum Gasteiger partial charge on any atom is -0.478 e. The summed E-state index contributed by atoms with van der Waals surface area (Å²) in [5.74, 6) is -5.58. The molecule has 0 heterocycles. The zero-order valence-corrected chi connectivity index (χ0v) is 17.2. The summed E-state index contributed by atoms with van der Waals surface area (Å²) in [6.07, 6.45) is 4.39. The van der Waals surface area contributed by atoms with Gasteiger partial charge in [0.25, 0.3) is 0 Å². The fourth-order valence-electron chi connectivity index (χ4n) is 1.42. The summed E-state index contributed by atoms with van der Waals surface area (Å²) in [5.41, 5.74) is 19.3. The van der Waals surface area contributed by atoms with E-state index < -0.39 is 35.6 Å². The lowest BCUT2D eigenvalue weighted by Crippen LogP contribution is -2.11. The standard InChI is InChI=1S/C8H14N2O3.2C5H7NO3/c9-4-2-1-3-6(8(12)13)5-7(10)11;2*1-3(5(8)9)2-4(6)7/h5H,1-4,9H2,(H2,10,11)(H,12,13);2*2H,1H3,(H2,6,7)(H,8,9)/b6-5-;2*3-2-. The average Bonchev–Trinajstić information content (AvgIpc) is 2.60. The third-order valence-electron chi connectivity index (χ3n) is 2.88. The molecule has 13 nitrogen and oxygen atoms in total. The van der Waals surface area contributed by atoms with Gasteiger partial charge in [-0.25, -0.2) is 14.4 Å². The first-order valence-corrected chi connectivity index (χ1v) is 8.51. The highest BCUT2D eigenvalue weighted by Crippen LogP contribution is 2.06. The number of primary amides is 3. The molecule has 0 atom stereocenters. The van der Waals surface area contributed by atoms with Crippen LogP contribution in [0.4, 0.5) is 0 Å². The number of hydrogen-bond donors (Lipinski definition) is 7. The normalized spacial score (nSPS) is 11.1. The van der Waals surface area contributed by atoms with Crippen LogP contribution in [0.3, 0.4) is 0 Å². The van der Waals surface area contributed by atoms with Gasteiger partial charge in [0.1, 0.15) is 0 Å². The summed E-state index contributed by atoms with van der Waals surface area (Å²) in [5, 5.41) is 24.9. The molecule has 0 unspecified atom stereocenters. The summed E-state index contributed by atoms with van der Waals surface area (Å²) in [6, 6.07) is 0. The van der Waals surface area contributed by atoms with Gasteiger partial charge in [0.2, 0.25) is 17.7 Å². The first-order valence-electron chi connectivity index (χ1n) is 8.51. The van der Waals surface area contributed by atoms with E-state index in [4.69, 9.17) is 26.8 Å². The van der Waals surface area contributed by atoms with Gasteiger partial charge in [-0.15, -0.1) is 0 Å². The first-order chi connectivity index (χ1) is 14.1. The second-order valence-corrected chi connectivity index (χ2v) is 5.69. The molecule has 0 radical (unpaired) electrons. The van der Waals surface area contributed by atoms with Gasteiger partial charge < -0.3 is 38.3 Å². The molecule has 0 bridgehead atoms.